The number of aliphatic hydroxyl groups is 1. The fourth-order valence-corrected chi connectivity index (χ4v) is 4.92. The minimum Gasteiger partial charge on any atom is -0.496 e. The first-order valence-electron chi connectivity index (χ1n) is 10.3. The smallest absolute Gasteiger partial charge is 0.126 e. The standard InChI is InChI=1S/C25H29FO3/c1-16(2)17-5-10-22(28-4)21(13-17)18-14-25(29-15-18)12-11-23(27)24(25,3)19-6-8-20(26)9-7-19/h5-10,13-14,16,23,27H,11-12,15H2,1-4H3/t23-,24-,25+/m0/s1. The Bertz CT molecular complexity index is 934. The molecule has 1 aliphatic heterocycles. The van der Waals surface area contributed by atoms with Crippen LogP contribution in [0.1, 0.15) is 56.2 Å². The topological polar surface area (TPSA) is 38.7 Å². The highest BCUT2D eigenvalue weighted by Gasteiger charge is 2.59. The summed E-state index contributed by atoms with van der Waals surface area (Å²) in [7, 11) is 1.68. The average Bonchev–Trinajstić information content (AvgIpc) is 3.26. The van der Waals surface area contributed by atoms with Crippen molar-refractivity contribution in [3.8, 4) is 5.75 Å². The Kier molecular flexibility index (Phi) is 5.04. The molecule has 1 saturated carbocycles. The van der Waals surface area contributed by atoms with Crippen molar-refractivity contribution in [1.29, 1.82) is 0 Å². The van der Waals surface area contributed by atoms with Crippen LogP contribution in [0.2, 0.25) is 0 Å². The molecule has 29 heavy (non-hydrogen) atoms. The second-order valence-electron chi connectivity index (χ2n) is 8.73. The lowest BCUT2D eigenvalue weighted by atomic mass is 9.69. The van der Waals surface area contributed by atoms with Gasteiger partial charge in [0.15, 0.2) is 0 Å². The van der Waals surface area contributed by atoms with Crippen LogP contribution in [-0.2, 0) is 10.2 Å². The van der Waals surface area contributed by atoms with E-state index in [1.54, 1.807) is 19.2 Å². The van der Waals surface area contributed by atoms with Gasteiger partial charge < -0.3 is 14.6 Å². The highest BCUT2D eigenvalue weighted by atomic mass is 19.1. The molecular weight excluding hydrogens is 367 g/mol. The Labute approximate surface area is 172 Å². The molecule has 1 N–H and O–H groups in total. The largest absolute Gasteiger partial charge is 0.496 e. The SMILES string of the molecule is COc1ccc(C(C)C)cc1C1=C[C@@]2(CC[C@H](O)[C@]2(C)c2ccc(F)cc2)OC1. The Morgan fingerprint density at radius 2 is 1.90 bits per heavy atom. The first-order valence-corrected chi connectivity index (χ1v) is 10.3. The third kappa shape index (κ3) is 3.10. The van der Waals surface area contributed by atoms with Gasteiger partial charge in [0.05, 0.1) is 30.8 Å². The van der Waals surface area contributed by atoms with Crippen LogP contribution in [0.3, 0.4) is 0 Å². The van der Waals surface area contributed by atoms with Crippen molar-refractivity contribution < 1.29 is 19.0 Å². The molecule has 4 rings (SSSR count). The van der Waals surface area contributed by atoms with Gasteiger partial charge in [-0.1, -0.05) is 32.0 Å². The molecule has 3 nitrogen and oxygen atoms in total. The number of benzene rings is 2. The van der Waals surface area contributed by atoms with Gasteiger partial charge >= 0.3 is 0 Å². The van der Waals surface area contributed by atoms with Gasteiger partial charge in [0, 0.05) is 5.56 Å². The van der Waals surface area contributed by atoms with Crippen LogP contribution in [0.25, 0.3) is 5.57 Å². The van der Waals surface area contributed by atoms with Gasteiger partial charge in [-0.05, 0) is 72.7 Å². The van der Waals surface area contributed by atoms with Crippen molar-refractivity contribution >= 4 is 5.57 Å². The maximum atomic E-state index is 13.5. The Balaban J connectivity index is 1.80. The zero-order valence-corrected chi connectivity index (χ0v) is 17.5. The number of aliphatic hydroxyl groups excluding tert-OH is 1. The zero-order chi connectivity index (χ0) is 20.8. The molecule has 0 unspecified atom stereocenters. The summed E-state index contributed by atoms with van der Waals surface area (Å²) in [6.45, 7) is 6.83. The van der Waals surface area contributed by atoms with Gasteiger partial charge in [-0.15, -0.1) is 0 Å². The van der Waals surface area contributed by atoms with E-state index in [0.29, 0.717) is 18.9 Å². The van der Waals surface area contributed by atoms with E-state index in [4.69, 9.17) is 9.47 Å². The molecule has 0 amide bonds. The van der Waals surface area contributed by atoms with Gasteiger partial charge in [-0.2, -0.15) is 0 Å². The van der Waals surface area contributed by atoms with Crippen LogP contribution in [0.15, 0.2) is 48.5 Å². The summed E-state index contributed by atoms with van der Waals surface area (Å²) in [5.74, 6) is 0.954. The van der Waals surface area contributed by atoms with E-state index in [9.17, 15) is 9.50 Å². The van der Waals surface area contributed by atoms with Crippen LogP contribution >= 0.6 is 0 Å². The minimum atomic E-state index is -0.647. The molecule has 1 fully saturated rings. The highest BCUT2D eigenvalue weighted by Crippen LogP contribution is 2.55. The Hall–Kier alpha value is -2.17. The number of methoxy groups -OCH3 is 1. The Morgan fingerprint density at radius 1 is 1.17 bits per heavy atom. The highest BCUT2D eigenvalue weighted by molar-refractivity contribution is 5.75. The summed E-state index contributed by atoms with van der Waals surface area (Å²) in [5, 5.41) is 10.9. The molecule has 2 aromatic rings. The molecule has 0 radical (unpaired) electrons. The van der Waals surface area contributed by atoms with Crippen molar-refractivity contribution in [2.75, 3.05) is 13.7 Å². The first kappa shape index (κ1) is 20.1. The first-order chi connectivity index (χ1) is 13.8. The minimum absolute atomic E-state index is 0.280. The van der Waals surface area contributed by atoms with E-state index >= 15 is 0 Å². The van der Waals surface area contributed by atoms with Crippen molar-refractivity contribution in [2.24, 2.45) is 0 Å². The predicted molar refractivity (Wildman–Crippen MR) is 113 cm³/mol. The van der Waals surface area contributed by atoms with Gasteiger partial charge in [0.2, 0.25) is 0 Å². The number of ether oxygens (including phenoxy) is 2. The molecule has 1 heterocycles. The molecule has 154 valence electrons. The fraction of sp³-hybridized carbons (Fsp3) is 0.440. The Morgan fingerprint density at radius 3 is 2.55 bits per heavy atom. The molecule has 0 aromatic heterocycles. The molecule has 2 aliphatic rings. The van der Waals surface area contributed by atoms with Crippen LogP contribution in [-0.4, -0.2) is 30.5 Å². The molecule has 1 spiro atoms. The third-order valence-corrected chi connectivity index (χ3v) is 6.91. The van der Waals surface area contributed by atoms with Crippen molar-refractivity contribution in [1.82, 2.24) is 0 Å². The van der Waals surface area contributed by atoms with Crippen LogP contribution in [0.5, 0.6) is 5.75 Å². The van der Waals surface area contributed by atoms with Crippen molar-refractivity contribution in [3.05, 3.63) is 71.0 Å². The van der Waals surface area contributed by atoms with E-state index in [2.05, 4.69) is 32.1 Å². The van der Waals surface area contributed by atoms with E-state index in [-0.39, 0.29) is 5.82 Å². The molecular formula is C25H29FO3. The van der Waals surface area contributed by atoms with Crippen molar-refractivity contribution in [2.45, 2.75) is 56.7 Å². The summed E-state index contributed by atoms with van der Waals surface area (Å²) in [4.78, 5) is 0. The monoisotopic (exact) mass is 396 g/mol. The molecule has 4 heteroatoms. The van der Waals surface area contributed by atoms with Crippen LogP contribution in [0.4, 0.5) is 4.39 Å². The van der Waals surface area contributed by atoms with Crippen LogP contribution < -0.4 is 4.74 Å². The summed E-state index contributed by atoms with van der Waals surface area (Å²) >= 11 is 0. The third-order valence-electron chi connectivity index (χ3n) is 6.91. The lowest BCUT2D eigenvalue weighted by Gasteiger charge is -2.41. The quantitative estimate of drug-likeness (QED) is 0.770. The molecule has 0 saturated heterocycles. The lowest BCUT2D eigenvalue weighted by molar-refractivity contribution is -0.0419. The summed E-state index contributed by atoms with van der Waals surface area (Å²) in [6, 6.07) is 12.7. The molecule has 0 bridgehead atoms. The molecule has 2 aromatic carbocycles. The van der Waals surface area contributed by atoms with E-state index in [0.717, 1.165) is 28.9 Å². The lowest BCUT2D eigenvalue weighted by Crippen LogP contribution is -2.49. The number of rotatable bonds is 4. The fourth-order valence-electron chi connectivity index (χ4n) is 4.92. The molecule has 1 aliphatic carbocycles. The van der Waals surface area contributed by atoms with Gasteiger partial charge in [-0.25, -0.2) is 4.39 Å². The number of hydrogen-bond donors (Lipinski definition) is 1. The second kappa shape index (κ2) is 7.26. The summed E-state index contributed by atoms with van der Waals surface area (Å²) in [5.41, 5.74) is 2.98. The van der Waals surface area contributed by atoms with Crippen molar-refractivity contribution in [3.63, 3.8) is 0 Å². The van der Waals surface area contributed by atoms with E-state index in [1.165, 1.54) is 17.7 Å². The molecule has 3 atom stereocenters. The normalized spacial score (nSPS) is 28.9. The second-order valence-corrected chi connectivity index (χ2v) is 8.73. The number of hydrogen-bond acceptors (Lipinski definition) is 3. The van der Waals surface area contributed by atoms with Gasteiger partial charge in [0.25, 0.3) is 0 Å². The predicted octanol–water partition coefficient (Wildman–Crippen LogP) is 5.22. The van der Waals surface area contributed by atoms with Gasteiger partial charge in [-0.3, -0.25) is 0 Å². The average molecular weight is 397 g/mol. The number of halogens is 1. The van der Waals surface area contributed by atoms with E-state index in [1.807, 2.05) is 13.0 Å². The van der Waals surface area contributed by atoms with Gasteiger partial charge in [0.1, 0.15) is 11.6 Å². The zero-order valence-electron chi connectivity index (χ0n) is 17.5. The maximum absolute atomic E-state index is 13.5. The van der Waals surface area contributed by atoms with Crippen LogP contribution in [0, 0.1) is 5.82 Å². The van der Waals surface area contributed by atoms with E-state index < -0.39 is 17.1 Å². The summed E-state index contributed by atoms with van der Waals surface area (Å²) in [6.07, 6.45) is 2.97. The maximum Gasteiger partial charge on any atom is 0.126 e. The summed E-state index contributed by atoms with van der Waals surface area (Å²) < 4.78 is 25.6.